The van der Waals surface area contributed by atoms with Gasteiger partial charge in [0.1, 0.15) is 0 Å². The van der Waals surface area contributed by atoms with Crippen LogP contribution in [0, 0.1) is 35.5 Å². The molecule has 4 rings (SSSR count). The molecule has 0 aromatic rings. The van der Waals surface area contributed by atoms with Crippen molar-refractivity contribution in [3.05, 3.63) is 24.3 Å². The monoisotopic (exact) mass is 242 g/mol. The van der Waals surface area contributed by atoms with Crippen LogP contribution in [0.3, 0.4) is 0 Å². The Balaban J connectivity index is 1.17. The molecule has 18 heavy (non-hydrogen) atoms. The average molecular weight is 242 g/mol. The fraction of sp³-hybridized carbons (Fsp3) is 0.778. The number of allylic oxidation sites excluding steroid dienone is 4. The van der Waals surface area contributed by atoms with Crippen LogP contribution in [-0.2, 0) is 0 Å². The number of hydrogen-bond acceptors (Lipinski definition) is 0. The zero-order valence-corrected chi connectivity index (χ0v) is 11.4. The Morgan fingerprint density at radius 1 is 0.611 bits per heavy atom. The van der Waals surface area contributed by atoms with E-state index < -0.39 is 0 Å². The topological polar surface area (TPSA) is 0 Å². The molecule has 0 nitrogen and oxygen atoms in total. The molecule has 4 bridgehead atoms. The van der Waals surface area contributed by atoms with Gasteiger partial charge in [0, 0.05) is 0 Å². The summed E-state index contributed by atoms with van der Waals surface area (Å²) < 4.78 is 0. The molecule has 2 unspecified atom stereocenters. The van der Waals surface area contributed by atoms with Crippen molar-refractivity contribution in [2.75, 3.05) is 0 Å². The van der Waals surface area contributed by atoms with E-state index in [1.54, 1.807) is 0 Å². The normalized spacial score (nSPS) is 47.6. The quantitative estimate of drug-likeness (QED) is 0.471. The van der Waals surface area contributed by atoms with E-state index >= 15 is 0 Å². The van der Waals surface area contributed by atoms with Crippen LogP contribution in [0.25, 0.3) is 0 Å². The van der Waals surface area contributed by atoms with Crippen molar-refractivity contribution in [2.24, 2.45) is 35.5 Å². The van der Waals surface area contributed by atoms with Gasteiger partial charge in [0.2, 0.25) is 0 Å². The maximum atomic E-state index is 2.51. The number of hydrogen-bond donors (Lipinski definition) is 0. The van der Waals surface area contributed by atoms with Gasteiger partial charge >= 0.3 is 0 Å². The summed E-state index contributed by atoms with van der Waals surface area (Å²) in [5, 5.41) is 0. The number of rotatable bonds is 5. The van der Waals surface area contributed by atoms with E-state index in [1.165, 1.54) is 51.4 Å². The van der Waals surface area contributed by atoms with E-state index in [9.17, 15) is 0 Å². The SMILES string of the molecule is C1=C[C@@H]2C[C@H]1CC2CCCCC1C[C@@H]2C=C[C@H]1C2. The molecule has 0 spiro atoms. The van der Waals surface area contributed by atoms with E-state index in [0.29, 0.717) is 0 Å². The highest BCUT2D eigenvalue weighted by atomic mass is 14.4. The molecule has 0 saturated heterocycles. The highest BCUT2D eigenvalue weighted by Gasteiger charge is 2.36. The van der Waals surface area contributed by atoms with Crippen LogP contribution in [0.4, 0.5) is 0 Å². The number of fused-ring (bicyclic) bond motifs is 4. The molecule has 0 aliphatic heterocycles. The second-order valence-corrected chi connectivity index (χ2v) is 7.37. The predicted molar refractivity (Wildman–Crippen MR) is 76.2 cm³/mol. The molecule has 2 fully saturated rings. The van der Waals surface area contributed by atoms with Gasteiger partial charge in [-0.05, 0) is 74.0 Å². The van der Waals surface area contributed by atoms with Gasteiger partial charge in [0.25, 0.3) is 0 Å². The highest BCUT2D eigenvalue weighted by Crippen LogP contribution is 2.47. The van der Waals surface area contributed by atoms with Crippen molar-refractivity contribution < 1.29 is 0 Å². The van der Waals surface area contributed by atoms with Crippen LogP contribution in [0.2, 0.25) is 0 Å². The van der Waals surface area contributed by atoms with Gasteiger partial charge in [0.15, 0.2) is 0 Å². The molecule has 4 aliphatic rings. The zero-order valence-electron chi connectivity index (χ0n) is 11.4. The van der Waals surface area contributed by atoms with Gasteiger partial charge in [-0.15, -0.1) is 0 Å². The van der Waals surface area contributed by atoms with Crippen LogP contribution in [-0.4, -0.2) is 0 Å². The van der Waals surface area contributed by atoms with Crippen LogP contribution in [0.5, 0.6) is 0 Å². The molecule has 4 aliphatic carbocycles. The van der Waals surface area contributed by atoms with Crippen molar-refractivity contribution in [1.82, 2.24) is 0 Å². The molecule has 0 aromatic carbocycles. The minimum atomic E-state index is 0.968. The average Bonchev–Trinajstić information content (AvgIpc) is 3.13. The third-order valence-corrected chi connectivity index (χ3v) is 6.23. The van der Waals surface area contributed by atoms with Crippen molar-refractivity contribution in [3.63, 3.8) is 0 Å². The predicted octanol–water partition coefficient (Wildman–Crippen LogP) is 4.97. The summed E-state index contributed by atoms with van der Waals surface area (Å²) in [4.78, 5) is 0. The van der Waals surface area contributed by atoms with Gasteiger partial charge < -0.3 is 0 Å². The molecule has 0 radical (unpaired) electrons. The summed E-state index contributed by atoms with van der Waals surface area (Å²) in [7, 11) is 0. The molecular weight excluding hydrogens is 216 g/mol. The summed E-state index contributed by atoms with van der Waals surface area (Å²) in [6.07, 6.45) is 22.0. The van der Waals surface area contributed by atoms with Crippen molar-refractivity contribution in [1.29, 1.82) is 0 Å². The zero-order chi connectivity index (χ0) is 11.9. The van der Waals surface area contributed by atoms with Gasteiger partial charge in [-0.25, -0.2) is 0 Å². The van der Waals surface area contributed by atoms with E-state index in [1.807, 2.05) is 0 Å². The minimum absolute atomic E-state index is 0.968. The van der Waals surface area contributed by atoms with Crippen molar-refractivity contribution >= 4 is 0 Å². The van der Waals surface area contributed by atoms with Gasteiger partial charge in [0.05, 0.1) is 0 Å². The van der Waals surface area contributed by atoms with Crippen molar-refractivity contribution in [2.45, 2.75) is 51.4 Å². The van der Waals surface area contributed by atoms with Crippen molar-refractivity contribution in [3.8, 4) is 0 Å². The first-order chi connectivity index (χ1) is 8.88. The molecule has 98 valence electrons. The Labute approximate surface area is 112 Å². The first-order valence-corrected chi connectivity index (χ1v) is 8.25. The first-order valence-electron chi connectivity index (χ1n) is 8.25. The summed E-state index contributed by atoms with van der Waals surface area (Å²) in [6.45, 7) is 0. The molecule has 0 amide bonds. The summed E-state index contributed by atoms with van der Waals surface area (Å²) >= 11 is 0. The molecule has 2 saturated carbocycles. The van der Waals surface area contributed by atoms with Gasteiger partial charge in [-0.2, -0.15) is 0 Å². The largest absolute Gasteiger partial charge is 0.0851 e. The van der Waals surface area contributed by atoms with E-state index in [-0.39, 0.29) is 0 Å². The third-order valence-electron chi connectivity index (χ3n) is 6.23. The number of unbranched alkanes of at least 4 members (excludes halogenated alkanes) is 1. The van der Waals surface area contributed by atoms with E-state index in [0.717, 1.165) is 35.5 Å². The minimum Gasteiger partial charge on any atom is -0.0851 e. The van der Waals surface area contributed by atoms with E-state index in [4.69, 9.17) is 0 Å². The molecule has 6 atom stereocenters. The maximum Gasteiger partial charge on any atom is -0.0199 e. The third kappa shape index (κ3) is 1.98. The maximum absolute atomic E-state index is 2.51. The lowest BCUT2D eigenvalue weighted by Gasteiger charge is -2.20. The Kier molecular flexibility index (Phi) is 2.86. The molecule has 0 heterocycles. The highest BCUT2D eigenvalue weighted by molar-refractivity contribution is 5.10. The van der Waals surface area contributed by atoms with Crippen LogP contribution >= 0.6 is 0 Å². The van der Waals surface area contributed by atoms with Crippen LogP contribution in [0.1, 0.15) is 51.4 Å². The lowest BCUT2D eigenvalue weighted by molar-refractivity contribution is 0.360. The smallest absolute Gasteiger partial charge is 0.0199 e. The Morgan fingerprint density at radius 3 is 1.44 bits per heavy atom. The lowest BCUT2D eigenvalue weighted by Crippen LogP contribution is -2.09. The Morgan fingerprint density at radius 2 is 1.11 bits per heavy atom. The van der Waals surface area contributed by atoms with Crippen LogP contribution in [0.15, 0.2) is 24.3 Å². The lowest BCUT2D eigenvalue weighted by atomic mass is 9.85. The Bertz CT molecular complexity index is 328. The summed E-state index contributed by atoms with van der Waals surface area (Å²) in [5.41, 5.74) is 0. The standard InChI is InChI=1S/C18H26/c1(3-15-9-13-5-7-17(15)11-13)2-4-16-10-14-6-8-18(16)12-14/h5-8,13-18H,1-4,9-12H2/t13-,14+,15?,16?,17-,18+. The fourth-order valence-electron chi connectivity index (χ4n) is 5.27. The first kappa shape index (κ1) is 11.3. The summed E-state index contributed by atoms with van der Waals surface area (Å²) in [6, 6.07) is 0. The molecule has 0 heteroatoms. The van der Waals surface area contributed by atoms with E-state index in [2.05, 4.69) is 24.3 Å². The second kappa shape index (κ2) is 4.54. The summed E-state index contributed by atoms with van der Waals surface area (Å²) in [5.74, 6) is 5.99. The molecule has 0 N–H and O–H groups in total. The molecule has 0 aromatic heterocycles. The Hall–Kier alpha value is -0.520. The fourth-order valence-corrected chi connectivity index (χ4v) is 5.27. The second-order valence-electron chi connectivity index (χ2n) is 7.37. The van der Waals surface area contributed by atoms with Gasteiger partial charge in [-0.3, -0.25) is 0 Å². The molecular formula is C18H26. The van der Waals surface area contributed by atoms with Crippen LogP contribution < -0.4 is 0 Å². The van der Waals surface area contributed by atoms with Gasteiger partial charge in [-0.1, -0.05) is 37.1 Å².